The van der Waals surface area contributed by atoms with Gasteiger partial charge in [0, 0.05) is 12.0 Å². The molecule has 1 aromatic rings. The van der Waals surface area contributed by atoms with Crippen LogP contribution in [-0.4, -0.2) is 12.6 Å². The summed E-state index contributed by atoms with van der Waals surface area (Å²) in [5.74, 6) is 6.06. The first-order chi connectivity index (χ1) is 10.3. The number of unbranched alkanes of at least 4 members (excludes halogenated alkanes) is 4. The van der Waals surface area contributed by atoms with Crippen LogP contribution in [0.2, 0.25) is 0 Å². The van der Waals surface area contributed by atoms with Crippen LogP contribution in [0, 0.1) is 11.8 Å². The van der Waals surface area contributed by atoms with Crippen LogP contribution in [0.25, 0.3) is 0 Å². The van der Waals surface area contributed by atoms with Gasteiger partial charge in [-0.05, 0) is 44.7 Å². The molecular weight excluding hydrogens is 260 g/mol. The van der Waals surface area contributed by atoms with E-state index in [9.17, 15) is 4.79 Å². The molecule has 0 fully saturated rings. The Labute approximate surface area is 128 Å². The molecule has 0 aliphatic heterocycles. The van der Waals surface area contributed by atoms with Crippen LogP contribution in [0.15, 0.2) is 24.3 Å². The normalized spacial score (nSPS) is 9.81. The molecule has 0 aliphatic carbocycles. The van der Waals surface area contributed by atoms with Crippen LogP contribution in [0.4, 0.5) is 0 Å². The van der Waals surface area contributed by atoms with Crippen molar-refractivity contribution in [3.63, 3.8) is 0 Å². The fourth-order valence-electron chi connectivity index (χ4n) is 2.34. The van der Waals surface area contributed by atoms with Gasteiger partial charge in [0.05, 0.1) is 6.61 Å². The van der Waals surface area contributed by atoms with E-state index in [2.05, 4.69) is 30.0 Å². The Kier molecular flexibility index (Phi) is 9.04. The molecule has 2 nitrogen and oxygen atoms in total. The van der Waals surface area contributed by atoms with E-state index in [1.54, 1.807) is 0 Å². The zero-order valence-electron chi connectivity index (χ0n) is 13.3. The average molecular weight is 286 g/mol. The van der Waals surface area contributed by atoms with Gasteiger partial charge < -0.3 is 4.74 Å². The van der Waals surface area contributed by atoms with E-state index in [1.165, 1.54) is 24.8 Å². The number of ether oxygens (including phenoxy) is 1. The summed E-state index contributed by atoms with van der Waals surface area (Å²) in [4.78, 5) is 11.2. The van der Waals surface area contributed by atoms with Gasteiger partial charge in [-0.2, -0.15) is 0 Å². The number of hydrogen-bond donors (Lipinski definition) is 0. The van der Waals surface area contributed by atoms with Crippen molar-refractivity contribution >= 4 is 5.97 Å². The number of carbonyl (C=O) groups excluding carboxylic acids is 1. The van der Waals surface area contributed by atoms with Gasteiger partial charge in [0.1, 0.15) is 0 Å². The highest BCUT2D eigenvalue weighted by Gasteiger charge is 2.01. The summed E-state index contributed by atoms with van der Waals surface area (Å²) in [7, 11) is 0. The second kappa shape index (κ2) is 11.0. The molecule has 0 aromatic heterocycles. The zero-order valence-corrected chi connectivity index (χ0v) is 13.3. The van der Waals surface area contributed by atoms with E-state index in [-0.39, 0.29) is 5.97 Å². The van der Waals surface area contributed by atoms with Crippen molar-refractivity contribution < 1.29 is 9.53 Å². The molecule has 0 spiro atoms. The van der Waals surface area contributed by atoms with E-state index in [1.807, 2.05) is 19.9 Å². The summed E-state index contributed by atoms with van der Waals surface area (Å²) < 4.78 is 4.91. The molecule has 0 bridgehead atoms. The lowest BCUT2D eigenvalue weighted by atomic mass is 10.0. The molecule has 2 heteroatoms. The lowest BCUT2D eigenvalue weighted by molar-refractivity contribution is -0.143. The Balaban J connectivity index is 2.14. The lowest BCUT2D eigenvalue weighted by Gasteiger charge is -2.05. The highest BCUT2D eigenvalue weighted by molar-refractivity contribution is 5.69. The number of aryl methyl sites for hydroxylation is 1. The molecule has 0 aliphatic rings. The van der Waals surface area contributed by atoms with Gasteiger partial charge in [-0.25, -0.2) is 0 Å². The second-order valence-electron chi connectivity index (χ2n) is 5.10. The molecule has 0 saturated carbocycles. The molecule has 0 N–H and O–H groups in total. The van der Waals surface area contributed by atoms with Gasteiger partial charge in [-0.15, -0.1) is 5.92 Å². The van der Waals surface area contributed by atoms with Crippen molar-refractivity contribution in [2.45, 2.75) is 58.8 Å². The minimum Gasteiger partial charge on any atom is -0.466 e. The monoisotopic (exact) mass is 286 g/mol. The van der Waals surface area contributed by atoms with E-state index < -0.39 is 0 Å². The van der Waals surface area contributed by atoms with Crippen molar-refractivity contribution in [1.29, 1.82) is 0 Å². The summed E-state index contributed by atoms with van der Waals surface area (Å²) >= 11 is 0. The third-order valence-corrected chi connectivity index (χ3v) is 3.41. The Morgan fingerprint density at radius 2 is 1.81 bits per heavy atom. The van der Waals surface area contributed by atoms with Gasteiger partial charge >= 0.3 is 5.97 Å². The molecule has 0 unspecified atom stereocenters. The first kappa shape index (κ1) is 17.3. The summed E-state index contributed by atoms with van der Waals surface area (Å²) in [6, 6.07) is 8.37. The van der Waals surface area contributed by atoms with Gasteiger partial charge in [0.25, 0.3) is 0 Å². The van der Waals surface area contributed by atoms with E-state index in [0.717, 1.165) is 24.8 Å². The number of esters is 1. The van der Waals surface area contributed by atoms with E-state index >= 15 is 0 Å². The maximum atomic E-state index is 11.2. The lowest BCUT2D eigenvalue weighted by Crippen LogP contribution is -2.03. The molecule has 0 radical (unpaired) electrons. The Morgan fingerprint density at radius 3 is 2.57 bits per heavy atom. The highest BCUT2D eigenvalue weighted by Crippen LogP contribution is 2.13. The fraction of sp³-hybridized carbons (Fsp3) is 0.526. The molecule has 0 heterocycles. The van der Waals surface area contributed by atoms with Crippen LogP contribution in [0.1, 0.15) is 63.5 Å². The summed E-state index contributed by atoms with van der Waals surface area (Å²) in [5, 5.41) is 0. The quantitative estimate of drug-likeness (QED) is 0.379. The van der Waals surface area contributed by atoms with Crippen molar-refractivity contribution in [2.75, 3.05) is 6.61 Å². The number of hydrogen-bond acceptors (Lipinski definition) is 2. The van der Waals surface area contributed by atoms with Crippen LogP contribution in [-0.2, 0) is 16.0 Å². The summed E-state index contributed by atoms with van der Waals surface area (Å²) in [6.07, 6.45) is 7.26. The van der Waals surface area contributed by atoms with Gasteiger partial charge in [-0.3, -0.25) is 4.79 Å². The number of benzene rings is 1. The summed E-state index contributed by atoms with van der Waals surface area (Å²) in [6.45, 7) is 4.21. The molecule has 0 amide bonds. The van der Waals surface area contributed by atoms with Crippen LogP contribution in [0.5, 0.6) is 0 Å². The Hall–Kier alpha value is -1.75. The minimum absolute atomic E-state index is 0.0652. The molecule has 0 saturated heterocycles. The Morgan fingerprint density at radius 1 is 1.10 bits per heavy atom. The first-order valence-corrected chi connectivity index (χ1v) is 7.94. The van der Waals surface area contributed by atoms with E-state index in [4.69, 9.17) is 4.74 Å². The van der Waals surface area contributed by atoms with Gasteiger partial charge in [0.2, 0.25) is 0 Å². The van der Waals surface area contributed by atoms with Crippen LogP contribution in [0.3, 0.4) is 0 Å². The molecule has 0 atom stereocenters. The molecule has 1 aromatic carbocycles. The van der Waals surface area contributed by atoms with Crippen LogP contribution >= 0.6 is 0 Å². The molecule has 114 valence electrons. The standard InChI is InChI=1S/C19H26O2/c1-3-12-17-14-10-11-15-18(17)13-8-6-5-7-9-16-19(20)21-4-2/h10-11,14-15H,4-9,13,16H2,1-2H3. The topological polar surface area (TPSA) is 26.3 Å². The van der Waals surface area contributed by atoms with Gasteiger partial charge in [-0.1, -0.05) is 43.4 Å². The first-order valence-electron chi connectivity index (χ1n) is 7.94. The van der Waals surface area contributed by atoms with Crippen LogP contribution < -0.4 is 0 Å². The van der Waals surface area contributed by atoms with Gasteiger partial charge in [0.15, 0.2) is 0 Å². The van der Waals surface area contributed by atoms with E-state index in [0.29, 0.717) is 13.0 Å². The zero-order chi connectivity index (χ0) is 15.3. The molecule has 21 heavy (non-hydrogen) atoms. The third kappa shape index (κ3) is 7.56. The molecular formula is C19H26O2. The fourth-order valence-corrected chi connectivity index (χ4v) is 2.34. The predicted molar refractivity (Wildman–Crippen MR) is 87.0 cm³/mol. The Bertz CT molecular complexity index is 480. The third-order valence-electron chi connectivity index (χ3n) is 3.41. The van der Waals surface area contributed by atoms with Crippen molar-refractivity contribution in [3.8, 4) is 11.8 Å². The summed E-state index contributed by atoms with van der Waals surface area (Å²) in [5.41, 5.74) is 2.50. The smallest absolute Gasteiger partial charge is 0.305 e. The maximum absolute atomic E-state index is 11.2. The number of carbonyl (C=O) groups is 1. The highest BCUT2D eigenvalue weighted by atomic mass is 16.5. The minimum atomic E-state index is -0.0652. The van der Waals surface area contributed by atoms with Crippen molar-refractivity contribution in [3.05, 3.63) is 35.4 Å². The molecule has 1 rings (SSSR count). The average Bonchev–Trinajstić information content (AvgIpc) is 2.48. The maximum Gasteiger partial charge on any atom is 0.305 e. The second-order valence-corrected chi connectivity index (χ2v) is 5.10. The van der Waals surface area contributed by atoms with Crippen molar-refractivity contribution in [2.24, 2.45) is 0 Å². The SMILES string of the molecule is CC#Cc1ccccc1CCCCCCCC(=O)OCC. The van der Waals surface area contributed by atoms with Crippen molar-refractivity contribution in [1.82, 2.24) is 0 Å². The number of rotatable bonds is 9. The predicted octanol–water partition coefficient (Wildman–Crippen LogP) is 4.50. The largest absolute Gasteiger partial charge is 0.466 e.